The quantitative estimate of drug-likeness (QED) is 0.814. The van der Waals surface area contributed by atoms with Crippen LogP contribution < -0.4 is 4.74 Å². The zero-order chi connectivity index (χ0) is 16.3. The monoisotopic (exact) mass is 359 g/mol. The van der Waals surface area contributed by atoms with E-state index in [9.17, 15) is 8.42 Å². The molecule has 2 rings (SSSR count). The first-order chi connectivity index (χ1) is 10.3. The summed E-state index contributed by atoms with van der Waals surface area (Å²) in [7, 11) is -0.486. The maximum Gasteiger partial charge on any atom is 0.242 e. The average Bonchev–Trinajstić information content (AvgIpc) is 2.48. The van der Waals surface area contributed by atoms with Crippen molar-refractivity contribution in [3.05, 3.63) is 58.1 Å². The lowest BCUT2D eigenvalue weighted by Gasteiger charge is -2.13. The van der Waals surface area contributed by atoms with Gasteiger partial charge in [-0.25, -0.2) is 12.7 Å². The Morgan fingerprint density at radius 2 is 1.82 bits per heavy atom. The number of benzene rings is 2. The third-order valence-corrected chi connectivity index (χ3v) is 5.32. The van der Waals surface area contributed by atoms with Gasteiger partial charge in [0.1, 0.15) is 12.4 Å². The molecule has 0 aliphatic heterocycles. The average molecular weight is 360 g/mol. The van der Waals surface area contributed by atoms with Crippen LogP contribution in [0.4, 0.5) is 0 Å². The highest BCUT2D eigenvalue weighted by Crippen LogP contribution is 2.28. The zero-order valence-corrected chi connectivity index (χ0v) is 14.4. The van der Waals surface area contributed by atoms with Crippen molar-refractivity contribution in [1.29, 1.82) is 0 Å². The Hall–Kier alpha value is -1.27. The lowest BCUT2D eigenvalue weighted by molar-refractivity contribution is 0.306. The molecule has 0 heterocycles. The van der Waals surface area contributed by atoms with Gasteiger partial charge in [0, 0.05) is 25.2 Å². The van der Waals surface area contributed by atoms with E-state index in [1.165, 1.54) is 18.4 Å². The molecule has 2 aromatic carbocycles. The molecule has 0 aliphatic carbocycles. The van der Waals surface area contributed by atoms with Crippen LogP contribution in [0.3, 0.4) is 0 Å². The first-order valence-electron chi connectivity index (χ1n) is 6.40. The Morgan fingerprint density at radius 3 is 2.50 bits per heavy atom. The van der Waals surface area contributed by atoms with Crippen molar-refractivity contribution in [3.63, 3.8) is 0 Å². The Kier molecular flexibility index (Phi) is 5.34. The largest absolute Gasteiger partial charge is 0.487 e. The van der Waals surface area contributed by atoms with Gasteiger partial charge in [-0.2, -0.15) is 0 Å². The van der Waals surface area contributed by atoms with Gasteiger partial charge in [-0.15, -0.1) is 0 Å². The van der Waals surface area contributed by atoms with Crippen molar-refractivity contribution >= 4 is 33.2 Å². The van der Waals surface area contributed by atoms with Crippen molar-refractivity contribution in [2.24, 2.45) is 0 Å². The minimum absolute atomic E-state index is 0.191. The fourth-order valence-electron chi connectivity index (χ4n) is 1.76. The number of sulfonamides is 1. The summed E-state index contributed by atoms with van der Waals surface area (Å²) in [5.74, 6) is 0.454. The summed E-state index contributed by atoms with van der Waals surface area (Å²) < 4.78 is 31.0. The van der Waals surface area contributed by atoms with Gasteiger partial charge < -0.3 is 4.74 Å². The third kappa shape index (κ3) is 3.93. The van der Waals surface area contributed by atoms with Gasteiger partial charge >= 0.3 is 0 Å². The molecule has 0 N–H and O–H groups in total. The molecule has 0 amide bonds. The van der Waals surface area contributed by atoms with Crippen LogP contribution in [0.25, 0.3) is 0 Å². The molecule has 0 saturated heterocycles. The Bertz CT molecular complexity index is 776. The minimum Gasteiger partial charge on any atom is -0.487 e. The first-order valence-corrected chi connectivity index (χ1v) is 8.59. The van der Waals surface area contributed by atoms with Gasteiger partial charge in [0.05, 0.1) is 9.92 Å². The smallest absolute Gasteiger partial charge is 0.242 e. The van der Waals surface area contributed by atoms with Crippen molar-refractivity contribution in [2.75, 3.05) is 14.1 Å². The van der Waals surface area contributed by atoms with E-state index in [0.29, 0.717) is 15.8 Å². The van der Waals surface area contributed by atoms with Gasteiger partial charge in [-0.05, 0) is 29.8 Å². The Morgan fingerprint density at radius 1 is 1.09 bits per heavy atom. The van der Waals surface area contributed by atoms with Crippen molar-refractivity contribution in [1.82, 2.24) is 4.31 Å². The molecule has 0 radical (unpaired) electrons. The Balaban J connectivity index is 2.20. The van der Waals surface area contributed by atoms with Crippen molar-refractivity contribution in [3.8, 4) is 5.75 Å². The van der Waals surface area contributed by atoms with Crippen LogP contribution >= 0.6 is 23.2 Å². The van der Waals surface area contributed by atoms with Crippen LogP contribution in [0.5, 0.6) is 5.75 Å². The number of ether oxygens (including phenoxy) is 1. The molecule has 0 unspecified atom stereocenters. The highest BCUT2D eigenvalue weighted by Gasteiger charge is 2.17. The lowest BCUT2D eigenvalue weighted by atomic mass is 10.2. The summed E-state index contributed by atoms with van der Waals surface area (Å²) >= 11 is 11.9. The molecule has 0 aromatic heterocycles. The third-order valence-electron chi connectivity index (χ3n) is 2.96. The van der Waals surface area contributed by atoms with Crippen molar-refractivity contribution in [2.45, 2.75) is 11.5 Å². The highest BCUT2D eigenvalue weighted by atomic mass is 35.5. The molecule has 4 nitrogen and oxygen atoms in total. The molecule has 0 fully saturated rings. The normalized spacial score (nSPS) is 11.7. The number of halogens is 2. The van der Waals surface area contributed by atoms with Crippen LogP contribution in [0.2, 0.25) is 10.0 Å². The van der Waals surface area contributed by atoms with Gasteiger partial charge in [0.15, 0.2) is 0 Å². The molecule has 0 spiro atoms. The molecular weight excluding hydrogens is 345 g/mol. The summed E-state index contributed by atoms with van der Waals surface area (Å²) in [5, 5.41) is 0.963. The van der Waals surface area contributed by atoms with Gasteiger partial charge in [0.2, 0.25) is 10.0 Å². The van der Waals surface area contributed by atoms with E-state index in [1.54, 1.807) is 42.5 Å². The number of nitrogens with zero attached hydrogens (tertiary/aromatic N) is 1. The summed E-state index contributed by atoms with van der Waals surface area (Å²) in [6, 6.07) is 11.5. The maximum absolute atomic E-state index is 12.1. The fourth-order valence-corrected chi connectivity index (χ4v) is 3.06. The number of hydrogen-bond acceptors (Lipinski definition) is 3. The zero-order valence-electron chi connectivity index (χ0n) is 12.1. The van der Waals surface area contributed by atoms with Crippen LogP contribution in [-0.2, 0) is 16.6 Å². The van der Waals surface area contributed by atoms with Crippen LogP contribution in [0.1, 0.15) is 5.56 Å². The minimum atomic E-state index is -3.47. The molecule has 22 heavy (non-hydrogen) atoms. The number of hydrogen-bond donors (Lipinski definition) is 0. The van der Waals surface area contributed by atoms with E-state index in [2.05, 4.69) is 0 Å². The SMILES string of the molecule is CN(C)S(=O)(=O)c1cccc(COc2cc(Cl)ccc2Cl)c1. The highest BCUT2D eigenvalue weighted by molar-refractivity contribution is 7.89. The molecule has 118 valence electrons. The second-order valence-corrected chi connectivity index (χ2v) is 7.79. The van der Waals surface area contributed by atoms with E-state index in [1.807, 2.05) is 0 Å². The molecule has 0 aliphatic rings. The van der Waals surface area contributed by atoms with E-state index < -0.39 is 10.0 Å². The van der Waals surface area contributed by atoms with E-state index in [4.69, 9.17) is 27.9 Å². The molecule has 2 aromatic rings. The number of rotatable bonds is 5. The molecule has 0 bridgehead atoms. The van der Waals surface area contributed by atoms with Gasteiger partial charge in [0.25, 0.3) is 0 Å². The van der Waals surface area contributed by atoms with Crippen LogP contribution in [-0.4, -0.2) is 26.8 Å². The van der Waals surface area contributed by atoms with E-state index in [-0.39, 0.29) is 11.5 Å². The van der Waals surface area contributed by atoms with E-state index >= 15 is 0 Å². The van der Waals surface area contributed by atoms with E-state index in [0.717, 1.165) is 5.56 Å². The molecule has 7 heteroatoms. The van der Waals surface area contributed by atoms with Crippen LogP contribution in [0.15, 0.2) is 47.4 Å². The molecular formula is C15H15Cl2NO3S. The fraction of sp³-hybridized carbons (Fsp3) is 0.200. The summed E-state index contributed by atoms with van der Waals surface area (Å²) in [6.07, 6.45) is 0. The van der Waals surface area contributed by atoms with Crippen molar-refractivity contribution < 1.29 is 13.2 Å². The standard InChI is InChI=1S/C15H15Cl2NO3S/c1-18(2)22(19,20)13-5-3-4-11(8-13)10-21-15-9-12(16)6-7-14(15)17/h3-9H,10H2,1-2H3. The van der Waals surface area contributed by atoms with Crippen LogP contribution in [0, 0.1) is 0 Å². The Labute approximate surface area is 140 Å². The van der Waals surface area contributed by atoms with Gasteiger partial charge in [-0.1, -0.05) is 35.3 Å². The maximum atomic E-state index is 12.1. The summed E-state index contributed by atoms with van der Waals surface area (Å²) in [4.78, 5) is 0.218. The topological polar surface area (TPSA) is 46.6 Å². The molecule has 0 atom stereocenters. The summed E-state index contributed by atoms with van der Waals surface area (Å²) in [6.45, 7) is 0.191. The second kappa shape index (κ2) is 6.87. The first kappa shape index (κ1) is 17.1. The predicted molar refractivity (Wildman–Crippen MR) is 88.1 cm³/mol. The molecule has 0 saturated carbocycles. The lowest BCUT2D eigenvalue weighted by Crippen LogP contribution is -2.22. The predicted octanol–water partition coefficient (Wildman–Crippen LogP) is 3.82. The summed E-state index contributed by atoms with van der Waals surface area (Å²) in [5.41, 5.74) is 0.721. The van der Waals surface area contributed by atoms with Gasteiger partial charge in [-0.3, -0.25) is 0 Å². The second-order valence-electron chi connectivity index (χ2n) is 4.80.